The molecule has 0 aromatic heterocycles. The molecular formula is C20H29N3O2. The minimum Gasteiger partial charge on any atom is -0.340 e. The van der Waals surface area contributed by atoms with Gasteiger partial charge in [-0.1, -0.05) is 39.0 Å². The maximum Gasteiger partial charge on any atom is 0.228 e. The van der Waals surface area contributed by atoms with Crippen LogP contribution in [0, 0.1) is 11.8 Å². The van der Waals surface area contributed by atoms with Crippen molar-refractivity contribution >= 4 is 17.5 Å². The van der Waals surface area contributed by atoms with E-state index in [1.54, 1.807) is 0 Å². The number of anilines is 1. The average molecular weight is 343 g/mol. The minimum atomic E-state index is -0.180. The molecular weight excluding hydrogens is 314 g/mol. The monoisotopic (exact) mass is 343 g/mol. The lowest BCUT2D eigenvalue weighted by Gasteiger charge is -2.32. The van der Waals surface area contributed by atoms with Gasteiger partial charge in [0, 0.05) is 31.9 Å². The zero-order valence-electron chi connectivity index (χ0n) is 15.7. The molecule has 1 saturated carbocycles. The summed E-state index contributed by atoms with van der Waals surface area (Å²) in [4.78, 5) is 29.3. The Kier molecular flexibility index (Phi) is 4.87. The molecule has 5 heteroatoms. The highest BCUT2D eigenvalue weighted by Crippen LogP contribution is 2.41. The molecule has 2 unspecified atom stereocenters. The number of hydrogen-bond donors (Lipinski definition) is 1. The minimum absolute atomic E-state index is 0.0239. The molecule has 0 spiro atoms. The van der Waals surface area contributed by atoms with Crippen LogP contribution in [0.3, 0.4) is 0 Å². The Hall–Kier alpha value is -1.88. The third-order valence-electron chi connectivity index (χ3n) is 5.25. The van der Waals surface area contributed by atoms with E-state index in [1.165, 1.54) is 0 Å². The van der Waals surface area contributed by atoms with Crippen molar-refractivity contribution in [2.45, 2.75) is 32.6 Å². The van der Waals surface area contributed by atoms with Crippen LogP contribution in [0.25, 0.3) is 0 Å². The van der Waals surface area contributed by atoms with Crippen LogP contribution in [0.4, 0.5) is 5.69 Å². The van der Waals surface area contributed by atoms with E-state index in [0.29, 0.717) is 6.42 Å². The van der Waals surface area contributed by atoms with E-state index in [2.05, 4.69) is 44.1 Å². The van der Waals surface area contributed by atoms with Crippen molar-refractivity contribution in [1.82, 2.24) is 9.80 Å². The standard InChI is InChI=1S/C20H29N3O2/c1-20(2,3)16-7-5-6-8-17(16)21-18(24)14-13-15(14)19(25)23-11-9-22(4)10-12-23/h5-8,14-15H,9-13H2,1-4H3,(H,21,24). The van der Waals surface area contributed by atoms with Gasteiger partial charge < -0.3 is 15.1 Å². The van der Waals surface area contributed by atoms with Gasteiger partial charge in [0.25, 0.3) is 0 Å². The highest BCUT2D eigenvalue weighted by Gasteiger charge is 2.49. The Balaban J connectivity index is 1.60. The smallest absolute Gasteiger partial charge is 0.228 e. The number of carbonyl (C=O) groups is 2. The Labute approximate surface area is 150 Å². The molecule has 1 heterocycles. The van der Waals surface area contributed by atoms with E-state index < -0.39 is 0 Å². The van der Waals surface area contributed by atoms with Crippen molar-refractivity contribution < 1.29 is 9.59 Å². The number of rotatable bonds is 3. The number of nitrogens with zero attached hydrogens (tertiary/aromatic N) is 2. The number of piperazine rings is 1. The second-order valence-corrected chi connectivity index (χ2v) is 8.36. The number of likely N-dealkylation sites (N-methyl/N-ethyl adjacent to an activating group) is 1. The summed E-state index contributed by atoms with van der Waals surface area (Å²) in [5, 5.41) is 3.06. The first-order valence-electron chi connectivity index (χ1n) is 9.15. The van der Waals surface area contributed by atoms with Gasteiger partial charge in [0.15, 0.2) is 0 Å². The van der Waals surface area contributed by atoms with Gasteiger partial charge >= 0.3 is 0 Å². The van der Waals surface area contributed by atoms with Crippen LogP contribution in [-0.2, 0) is 15.0 Å². The number of amides is 2. The molecule has 2 amide bonds. The Morgan fingerprint density at radius 3 is 2.32 bits per heavy atom. The van der Waals surface area contributed by atoms with Crippen LogP contribution in [0.2, 0.25) is 0 Å². The fourth-order valence-electron chi connectivity index (χ4n) is 3.49. The van der Waals surface area contributed by atoms with E-state index >= 15 is 0 Å². The summed E-state index contributed by atoms with van der Waals surface area (Å²) < 4.78 is 0. The average Bonchev–Trinajstić information content (AvgIpc) is 3.35. The van der Waals surface area contributed by atoms with Crippen molar-refractivity contribution in [2.75, 3.05) is 38.5 Å². The predicted molar refractivity (Wildman–Crippen MR) is 99.4 cm³/mol. The SMILES string of the molecule is CN1CCN(C(=O)C2CC2C(=O)Nc2ccccc2C(C)(C)C)CC1. The third kappa shape index (κ3) is 4.03. The molecule has 0 radical (unpaired) electrons. The van der Waals surface area contributed by atoms with E-state index in [9.17, 15) is 9.59 Å². The number of carbonyl (C=O) groups excluding carboxylic acids is 2. The van der Waals surface area contributed by atoms with Crippen LogP contribution in [0.5, 0.6) is 0 Å². The summed E-state index contributed by atoms with van der Waals surface area (Å²) in [6.45, 7) is 9.76. The second-order valence-electron chi connectivity index (χ2n) is 8.36. The van der Waals surface area contributed by atoms with E-state index in [4.69, 9.17) is 0 Å². The molecule has 1 aromatic carbocycles. The number of benzene rings is 1. The third-order valence-corrected chi connectivity index (χ3v) is 5.25. The van der Waals surface area contributed by atoms with Crippen molar-refractivity contribution in [3.63, 3.8) is 0 Å². The van der Waals surface area contributed by atoms with Gasteiger partial charge in [-0.2, -0.15) is 0 Å². The number of nitrogens with one attached hydrogen (secondary N) is 1. The summed E-state index contributed by atoms with van der Waals surface area (Å²) in [6.07, 6.45) is 0.675. The number of para-hydroxylation sites is 1. The molecule has 2 aliphatic rings. The van der Waals surface area contributed by atoms with Gasteiger partial charge in [0.1, 0.15) is 0 Å². The summed E-state index contributed by atoms with van der Waals surface area (Å²) in [6, 6.07) is 7.92. The molecule has 1 aliphatic carbocycles. The predicted octanol–water partition coefficient (Wildman–Crippen LogP) is 2.33. The molecule has 0 bridgehead atoms. The van der Waals surface area contributed by atoms with Crippen LogP contribution in [-0.4, -0.2) is 54.8 Å². The molecule has 1 N–H and O–H groups in total. The molecule has 1 aromatic rings. The first kappa shape index (κ1) is 17.9. The molecule has 2 atom stereocenters. The summed E-state index contributed by atoms with van der Waals surface area (Å²) in [5.74, 6) is -0.188. The van der Waals surface area contributed by atoms with Gasteiger partial charge in [-0.15, -0.1) is 0 Å². The number of hydrogen-bond acceptors (Lipinski definition) is 3. The van der Waals surface area contributed by atoms with Crippen LogP contribution in [0.1, 0.15) is 32.8 Å². The van der Waals surface area contributed by atoms with Gasteiger partial charge in [0.05, 0.1) is 11.8 Å². The van der Waals surface area contributed by atoms with Gasteiger partial charge in [0.2, 0.25) is 11.8 Å². The van der Waals surface area contributed by atoms with Crippen LogP contribution >= 0.6 is 0 Å². The first-order valence-corrected chi connectivity index (χ1v) is 9.15. The van der Waals surface area contributed by atoms with Crippen LogP contribution in [0.15, 0.2) is 24.3 Å². The maximum atomic E-state index is 12.6. The van der Waals surface area contributed by atoms with E-state index in [-0.39, 0.29) is 29.1 Å². The molecule has 5 nitrogen and oxygen atoms in total. The zero-order chi connectivity index (χ0) is 18.2. The highest BCUT2D eigenvalue weighted by atomic mass is 16.2. The lowest BCUT2D eigenvalue weighted by Crippen LogP contribution is -2.48. The van der Waals surface area contributed by atoms with Gasteiger partial charge in [-0.3, -0.25) is 9.59 Å². The first-order chi connectivity index (χ1) is 11.8. The summed E-state index contributed by atoms with van der Waals surface area (Å²) in [7, 11) is 2.07. The molecule has 25 heavy (non-hydrogen) atoms. The normalized spacial score (nSPS) is 24.1. The zero-order valence-corrected chi connectivity index (χ0v) is 15.7. The molecule has 136 valence electrons. The fraction of sp³-hybridized carbons (Fsp3) is 0.600. The lowest BCUT2D eigenvalue weighted by molar-refractivity contribution is -0.135. The Morgan fingerprint density at radius 1 is 1.04 bits per heavy atom. The topological polar surface area (TPSA) is 52.7 Å². The fourth-order valence-corrected chi connectivity index (χ4v) is 3.49. The largest absolute Gasteiger partial charge is 0.340 e. The van der Waals surface area contributed by atoms with E-state index in [0.717, 1.165) is 37.4 Å². The van der Waals surface area contributed by atoms with Crippen molar-refractivity contribution in [3.05, 3.63) is 29.8 Å². The van der Waals surface area contributed by atoms with Crippen LogP contribution < -0.4 is 5.32 Å². The van der Waals surface area contributed by atoms with Crippen molar-refractivity contribution in [1.29, 1.82) is 0 Å². The van der Waals surface area contributed by atoms with Crippen molar-refractivity contribution in [3.8, 4) is 0 Å². The second kappa shape index (κ2) is 6.79. The molecule has 2 fully saturated rings. The Bertz CT molecular complexity index is 657. The molecule has 1 saturated heterocycles. The molecule has 1 aliphatic heterocycles. The molecule has 3 rings (SSSR count). The van der Waals surface area contributed by atoms with Gasteiger partial charge in [-0.05, 0) is 30.5 Å². The van der Waals surface area contributed by atoms with Gasteiger partial charge in [-0.25, -0.2) is 0 Å². The summed E-state index contributed by atoms with van der Waals surface area (Å²) >= 11 is 0. The maximum absolute atomic E-state index is 12.6. The lowest BCUT2D eigenvalue weighted by atomic mass is 9.86. The highest BCUT2D eigenvalue weighted by molar-refractivity contribution is 6.00. The van der Waals surface area contributed by atoms with E-state index in [1.807, 2.05) is 23.1 Å². The van der Waals surface area contributed by atoms with Crippen molar-refractivity contribution in [2.24, 2.45) is 11.8 Å². The summed E-state index contributed by atoms with van der Waals surface area (Å²) in [5.41, 5.74) is 1.94. The quantitative estimate of drug-likeness (QED) is 0.916. The Morgan fingerprint density at radius 2 is 1.68 bits per heavy atom.